The zero-order valence-corrected chi connectivity index (χ0v) is 18.3. The summed E-state index contributed by atoms with van der Waals surface area (Å²) in [6, 6.07) is 6.95. The van der Waals surface area contributed by atoms with Crippen LogP contribution in [0.1, 0.15) is 18.4 Å². The Bertz CT molecular complexity index is 823. The topological polar surface area (TPSA) is 79.4 Å². The Kier molecular flexibility index (Phi) is 6.74. The van der Waals surface area contributed by atoms with Crippen molar-refractivity contribution < 1.29 is 22.7 Å². The standard InChI is InChI=1S/C21H31N3O5S/c1-17-2-4-19(5-3-17)30(26,27)24-12-10-22(11-13-24)16-20(25)23-8-6-18(7-9-23)21-28-14-15-29-21/h2-5,18,21H,6-16H2,1H3. The minimum absolute atomic E-state index is 0.106. The van der Waals surface area contributed by atoms with E-state index >= 15 is 0 Å². The van der Waals surface area contributed by atoms with Gasteiger partial charge in [0.05, 0.1) is 24.7 Å². The molecule has 3 aliphatic heterocycles. The third kappa shape index (κ3) is 4.86. The molecule has 0 atom stereocenters. The lowest BCUT2D eigenvalue weighted by molar-refractivity contribution is -0.138. The fourth-order valence-electron chi connectivity index (χ4n) is 4.35. The van der Waals surface area contributed by atoms with Crippen LogP contribution in [0.5, 0.6) is 0 Å². The third-order valence-corrected chi connectivity index (χ3v) is 8.19. The average molecular weight is 438 g/mol. The van der Waals surface area contributed by atoms with Gasteiger partial charge in [-0.3, -0.25) is 9.69 Å². The highest BCUT2D eigenvalue weighted by Crippen LogP contribution is 2.26. The summed E-state index contributed by atoms with van der Waals surface area (Å²) in [7, 11) is -3.48. The smallest absolute Gasteiger partial charge is 0.243 e. The normalized spacial score (nSPS) is 23.2. The maximum absolute atomic E-state index is 12.8. The van der Waals surface area contributed by atoms with Crippen LogP contribution >= 0.6 is 0 Å². The zero-order valence-electron chi connectivity index (χ0n) is 17.5. The molecule has 0 aromatic heterocycles. The van der Waals surface area contributed by atoms with Crippen molar-refractivity contribution in [1.29, 1.82) is 0 Å². The molecule has 0 unspecified atom stereocenters. The van der Waals surface area contributed by atoms with Gasteiger partial charge in [-0.05, 0) is 31.9 Å². The number of hydrogen-bond acceptors (Lipinski definition) is 6. The Hall–Kier alpha value is -1.52. The molecule has 8 nitrogen and oxygen atoms in total. The van der Waals surface area contributed by atoms with Gasteiger partial charge in [-0.25, -0.2) is 8.42 Å². The van der Waals surface area contributed by atoms with Crippen molar-refractivity contribution in [1.82, 2.24) is 14.1 Å². The number of sulfonamides is 1. The molecule has 3 saturated heterocycles. The maximum atomic E-state index is 12.8. The molecule has 0 N–H and O–H groups in total. The molecule has 30 heavy (non-hydrogen) atoms. The van der Waals surface area contributed by atoms with E-state index in [4.69, 9.17) is 9.47 Å². The molecule has 9 heteroatoms. The zero-order chi connectivity index (χ0) is 21.1. The van der Waals surface area contributed by atoms with Crippen LogP contribution in [-0.2, 0) is 24.3 Å². The van der Waals surface area contributed by atoms with Crippen LogP contribution in [0.25, 0.3) is 0 Å². The van der Waals surface area contributed by atoms with Crippen LogP contribution < -0.4 is 0 Å². The molecular formula is C21H31N3O5S. The number of benzene rings is 1. The number of likely N-dealkylation sites (tertiary alicyclic amines) is 1. The summed E-state index contributed by atoms with van der Waals surface area (Å²) in [5, 5.41) is 0. The maximum Gasteiger partial charge on any atom is 0.243 e. The van der Waals surface area contributed by atoms with Crippen LogP contribution in [-0.4, -0.2) is 93.7 Å². The van der Waals surface area contributed by atoms with E-state index in [1.807, 2.05) is 24.0 Å². The van der Waals surface area contributed by atoms with E-state index in [1.165, 1.54) is 4.31 Å². The highest BCUT2D eigenvalue weighted by Gasteiger charge is 2.33. The second-order valence-corrected chi connectivity index (χ2v) is 10.3. The van der Waals surface area contributed by atoms with Gasteiger partial charge < -0.3 is 14.4 Å². The number of ether oxygens (including phenoxy) is 2. The molecule has 1 aromatic rings. The minimum Gasteiger partial charge on any atom is -0.350 e. The molecule has 0 radical (unpaired) electrons. The predicted molar refractivity (Wildman–Crippen MR) is 111 cm³/mol. The summed E-state index contributed by atoms with van der Waals surface area (Å²) in [4.78, 5) is 17.0. The number of piperidine rings is 1. The second kappa shape index (κ2) is 9.32. The summed E-state index contributed by atoms with van der Waals surface area (Å²) in [5.74, 6) is 0.489. The molecule has 1 amide bonds. The van der Waals surface area contributed by atoms with Gasteiger partial charge in [-0.15, -0.1) is 0 Å². The second-order valence-electron chi connectivity index (χ2n) is 8.32. The van der Waals surface area contributed by atoms with Gasteiger partial charge in [0, 0.05) is 45.2 Å². The first-order chi connectivity index (χ1) is 14.4. The van der Waals surface area contributed by atoms with Gasteiger partial charge in [0.2, 0.25) is 15.9 Å². The number of rotatable bonds is 5. The Balaban J connectivity index is 1.24. The third-order valence-electron chi connectivity index (χ3n) is 6.27. The molecule has 0 saturated carbocycles. The Labute approximate surface area is 178 Å². The van der Waals surface area contributed by atoms with Crippen LogP contribution in [0.4, 0.5) is 0 Å². The summed E-state index contributed by atoms with van der Waals surface area (Å²) in [6.45, 7) is 7.01. The van der Waals surface area contributed by atoms with E-state index in [0.29, 0.717) is 56.8 Å². The molecule has 0 aliphatic carbocycles. The quantitative estimate of drug-likeness (QED) is 0.682. The van der Waals surface area contributed by atoms with Gasteiger partial charge in [-0.2, -0.15) is 4.31 Å². The molecule has 3 fully saturated rings. The lowest BCUT2D eigenvalue weighted by Gasteiger charge is -2.37. The van der Waals surface area contributed by atoms with Gasteiger partial charge in [-0.1, -0.05) is 17.7 Å². The summed E-state index contributed by atoms with van der Waals surface area (Å²) in [6.07, 6.45) is 1.70. The summed E-state index contributed by atoms with van der Waals surface area (Å²) >= 11 is 0. The fourth-order valence-corrected chi connectivity index (χ4v) is 5.77. The summed E-state index contributed by atoms with van der Waals surface area (Å²) in [5.41, 5.74) is 1.03. The van der Waals surface area contributed by atoms with E-state index < -0.39 is 10.0 Å². The van der Waals surface area contributed by atoms with E-state index in [9.17, 15) is 13.2 Å². The lowest BCUT2D eigenvalue weighted by atomic mass is 9.96. The molecule has 3 aliphatic rings. The number of carbonyl (C=O) groups is 1. The van der Waals surface area contributed by atoms with Crippen molar-refractivity contribution in [3.63, 3.8) is 0 Å². The fraction of sp³-hybridized carbons (Fsp3) is 0.667. The van der Waals surface area contributed by atoms with Gasteiger partial charge in [0.1, 0.15) is 0 Å². The largest absolute Gasteiger partial charge is 0.350 e. The summed E-state index contributed by atoms with van der Waals surface area (Å²) < 4.78 is 38.4. The molecular weight excluding hydrogens is 406 g/mol. The Morgan fingerprint density at radius 1 is 0.967 bits per heavy atom. The van der Waals surface area contributed by atoms with Crippen molar-refractivity contribution in [3.05, 3.63) is 29.8 Å². The van der Waals surface area contributed by atoms with Crippen molar-refractivity contribution in [2.24, 2.45) is 5.92 Å². The van der Waals surface area contributed by atoms with Crippen molar-refractivity contribution >= 4 is 15.9 Å². The van der Waals surface area contributed by atoms with Crippen molar-refractivity contribution in [3.8, 4) is 0 Å². The van der Waals surface area contributed by atoms with Crippen LogP contribution in [0.2, 0.25) is 0 Å². The Morgan fingerprint density at radius 3 is 2.17 bits per heavy atom. The van der Waals surface area contributed by atoms with Crippen LogP contribution in [0, 0.1) is 12.8 Å². The number of aryl methyl sites for hydroxylation is 1. The van der Waals surface area contributed by atoms with Crippen LogP contribution in [0.15, 0.2) is 29.2 Å². The highest BCUT2D eigenvalue weighted by atomic mass is 32.2. The lowest BCUT2D eigenvalue weighted by Crippen LogP contribution is -2.52. The van der Waals surface area contributed by atoms with E-state index in [0.717, 1.165) is 31.5 Å². The number of amides is 1. The van der Waals surface area contributed by atoms with Gasteiger partial charge in [0.25, 0.3) is 0 Å². The predicted octanol–water partition coefficient (Wildman–Crippen LogP) is 0.913. The van der Waals surface area contributed by atoms with E-state index in [1.54, 1.807) is 12.1 Å². The Morgan fingerprint density at radius 2 is 1.57 bits per heavy atom. The molecule has 1 aromatic carbocycles. The van der Waals surface area contributed by atoms with Gasteiger partial charge in [0.15, 0.2) is 6.29 Å². The first-order valence-corrected chi connectivity index (χ1v) is 12.2. The molecule has 3 heterocycles. The first-order valence-electron chi connectivity index (χ1n) is 10.7. The number of hydrogen-bond donors (Lipinski definition) is 0. The SMILES string of the molecule is Cc1ccc(S(=O)(=O)N2CCN(CC(=O)N3CCC(C4OCCO4)CC3)CC2)cc1. The number of piperazine rings is 1. The number of carbonyl (C=O) groups excluding carboxylic acids is 1. The molecule has 0 bridgehead atoms. The first kappa shape index (κ1) is 21.7. The highest BCUT2D eigenvalue weighted by molar-refractivity contribution is 7.89. The van der Waals surface area contributed by atoms with Gasteiger partial charge >= 0.3 is 0 Å². The molecule has 0 spiro atoms. The van der Waals surface area contributed by atoms with Crippen LogP contribution in [0.3, 0.4) is 0 Å². The van der Waals surface area contributed by atoms with Crippen molar-refractivity contribution in [2.45, 2.75) is 31.0 Å². The van der Waals surface area contributed by atoms with E-state index in [2.05, 4.69) is 4.90 Å². The molecule has 166 valence electrons. The monoisotopic (exact) mass is 437 g/mol. The van der Waals surface area contributed by atoms with E-state index in [-0.39, 0.29) is 12.2 Å². The number of nitrogens with zero attached hydrogens (tertiary/aromatic N) is 3. The minimum atomic E-state index is -3.48. The average Bonchev–Trinajstić information content (AvgIpc) is 3.29. The van der Waals surface area contributed by atoms with Crippen molar-refractivity contribution in [2.75, 3.05) is 59.0 Å². The molecule has 4 rings (SSSR count).